The molecule has 1 fully saturated rings. The van der Waals surface area contributed by atoms with Crippen LogP contribution in [0.25, 0.3) is 0 Å². The number of hydrogen-bond acceptors (Lipinski definition) is 5. The quantitative estimate of drug-likeness (QED) is 0.165. The van der Waals surface area contributed by atoms with Crippen molar-refractivity contribution in [2.45, 2.75) is 70.4 Å². The van der Waals surface area contributed by atoms with Crippen molar-refractivity contribution in [3.8, 4) is 0 Å². The molecular weight excluding hydrogens is 575 g/mol. The SMILES string of the molecule is C=O.O=S(=O)([O-])C(F)(F)C(OC1CCCCC1)C(F)(F)F.c1ccc([S+](c2ccccc2)c2ccccc2)cc1. The Morgan fingerprint density at radius 2 is 1.07 bits per heavy atom. The molecule has 0 aliphatic heterocycles. The van der Waals surface area contributed by atoms with E-state index in [-0.39, 0.29) is 23.7 Å². The first kappa shape index (κ1) is 33.4. The third-order valence-corrected chi connectivity index (χ3v) is 8.86. The van der Waals surface area contributed by atoms with Gasteiger partial charge in [0, 0.05) is 0 Å². The number of carbonyl (C=O) groups excluding carboxylic acids is 1. The minimum atomic E-state index is -6.46. The van der Waals surface area contributed by atoms with Crippen LogP contribution in [0.4, 0.5) is 22.0 Å². The van der Waals surface area contributed by atoms with Crippen LogP contribution in [-0.4, -0.2) is 43.4 Å². The topological polar surface area (TPSA) is 83.5 Å². The highest BCUT2D eigenvalue weighted by Crippen LogP contribution is 2.40. The highest BCUT2D eigenvalue weighted by molar-refractivity contribution is 7.97. The van der Waals surface area contributed by atoms with E-state index in [1.165, 1.54) is 14.7 Å². The number of alkyl halides is 5. The zero-order valence-electron chi connectivity index (χ0n) is 21.3. The second-order valence-electron chi connectivity index (χ2n) is 8.58. The minimum absolute atomic E-state index is 0.0146. The molecule has 12 heteroatoms. The molecule has 1 aliphatic carbocycles. The van der Waals surface area contributed by atoms with Crippen molar-refractivity contribution in [2.24, 2.45) is 0 Å². The summed E-state index contributed by atoms with van der Waals surface area (Å²) >= 11 is 0. The molecule has 3 aromatic carbocycles. The lowest BCUT2D eigenvalue weighted by molar-refractivity contribution is -0.278. The fourth-order valence-electron chi connectivity index (χ4n) is 3.95. The van der Waals surface area contributed by atoms with E-state index in [0.717, 1.165) is 6.42 Å². The maximum atomic E-state index is 13.1. The highest BCUT2D eigenvalue weighted by atomic mass is 32.2. The number of ether oxygens (including phenoxy) is 1. The third-order valence-electron chi connectivity index (χ3n) is 5.75. The largest absolute Gasteiger partial charge is 0.743 e. The number of hydrogen-bond donors (Lipinski definition) is 0. The standard InChI is InChI=1S/C18H15S.C9H13F5O4S.CH2O/c1-4-10-16(11-5-1)19(17-12-6-2-7-13-17)18-14-8-3-9-15-18;10-8(11,12)7(9(13,14)19(15,16)17)18-6-4-2-1-3-5-6;1-2/h1-15H;6-7H,1-5H2,(H,15,16,17);1H2/q+1;;/p-1. The van der Waals surface area contributed by atoms with Crippen molar-refractivity contribution in [2.75, 3.05) is 0 Å². The van der Waals surface area contributed by atoms with E-state index in [2.05, 4.69) is 95.7 Å². The van der Waals surface area contributed by atoms with Crippen molar-refractivity contribution in [3.05, 3.63) is 91.0 Å². The number of benzene rings is 3. The molecule has 0 amide bonds. The molecule has 40 heavy (non-hydrogen) atoms. The van der Waals surface area contributed by atoms with Crippen LogP contribution < -0.4 is 0 Å². The summed E-state index contributed by atoms with van der Waals surface area (Å²) in [5.74, 6) is 0. The van der Waals surface area contributed by atoms with Crippen molar-refractivity contribution in [1.82, 2.24) is 0 Å². The Balaban J connectivity index is 0.000000264. The molecule has 0 heterocycles. The van der Waals surface area contributed by atoms with Gasteiger partial charge in [-0.15, -0.1) is 0 Å². The van der Waals surface area contributed by atoms with Crippen LogP contribution in [0.1, 0.15) is 32.1 Å². The molecular formula is C28H29F5O5S2. The maximum absolute atomic E-state index is 13.1. The molecule has 218 valence electrons. The minimum Gasteiger partial charge on any atom is -0.743 e. The summed E-state index contributed by atoms with van der Waals surface area (Å²) in [6.07, 6.45) is -8.68. The summed E-state index contributed by atoms with van der Waals surface area (Å²) in [5, 5.41) is -5.54. The van der Waals surface area contributed by atoms with Gasteiger partial charge < -0.3 is 14.1 Å². The lowest BCUT2D eigenvalue weighted by Gasteiger charge is -2.34. The molecule has 1 unspecified atom stereocenters. The van der Waals surface area contributed by atoms with E-state index < -0.39 is 33.8 Å². The molecule has 3 aromatic rings. The molecule has 0 N–H and O–H groups in total. The van der Waals surface area contributed by atoms with Crippen molar-refractivity contribution < 1.29 is 44.5 Å². The molecule has 5 nitrogen and oxygen atoms in total. The summed E-state index contributed by atoms with van der Waals surface area (Å²) in [7, 11) is -6.48. The fourth-order valence-corrected chi connectivity index (χ4v) is 6.51. The molecule has 0 aromatic heterocycles. The van der Waals surface area contributed by atoms with E-state index in [9.17, 15) is 34.9 Å². The van der Waals surface area contributed by atoms with Gasteiger partial charge in [-0.2, -0.15) is 22.0 Å². The summed E-state index contributed by atoms with van der Waals surface area (Å²) in [4.78, 5) is 12.1. The van der Waals surface area contributed by atoms with Crippen LogP contribution >= 0.6 is 0 Å². The first-order valence-electron chi connectivity index (χ1n) is 12.1. The predicted molar refractivity (Wildman–Crippen MR) is 141 cm³/mol. The number of halogens is 5. The monoisotopic (exact) mass is 604 g/mol. The van der Waals surface area contributed by atoms with Crippen LogP contribution in [0, 0.1) is 0 Å². The first-order chi connectivity index (χ1) is 18.9. The van der Waals surface area contributed by atoms with Crippen LogP contribution in [0.2, 0.25) is 0 Å². The second-order valence-corrected chi connectivity index (χ2v) is 12.1. The molecule has 1 saturated carbocycles. The average molecular weight is 605 g/mol. The Kier molecular flexibility index (Phi) is 12.8. The lowest BCUT2D eigenvalue weighted by atomic mass is 9.97. The molecule has 1 atom stereocenters. The zero-order valence-corrected chi connectivity index (χ0v) is 22.9. The van der Waals surface area contributed by atoms with Gasteiger partial charge in [-0.1, -0.05) is 73.9 Å². The highest BCUT2D eigenvalue weighted by Gasteiger charge is 2.61. The van der Waals surface area contributed by atoms with Gasteiger partial charge in [-0.25, -0.2) is 8.42 Å². The lowest BCUT2D eigenvalue weighted by Crippen LogP contribution is -2.52. The van der Waals surface area contributed by atoms with Crippen molar-refractivity contribution in [3.63, 3.8) is 0 Å². The van der Waals surface area contributed by atoms with Gasteiger partial charge in [0.25, 0.3) is 0 Å². The average Bonchev–Trinajstić information content (AvgIpc) is 2.94. The van der Waals surface area contributed by atoms with Crippen LogP contribution in [-0.2, 0) is 30.5 Å². The molecule has 0 spiro atoms. The first-order valence-corrected chi connectivity index (χ1v) is 14.8. The number of carbonyl (C=O) groups is 1. The molecule has 0 saturated heterocycles. The summed E-state index contributed by atoms with van der Waals surface area (Å²) in [6, 6.07) is 32.2. The van der Waals surface area contributed by atoms with Gasteiger partial charge >= 0.3 is 11.4 Å². The van der Waals surface area contributed by atoms with Crippen LogP contribution in [0.5, 0.6) is 0 Å². The Morgan fingerprint density at radius 1 is 0.725 bits per heavy atom. The molecule has 0 radical (unpaired) electrons. The van der Waals surface area contributed by atoms with E-state index in [0.29, 0.717) is 12.8 Å². The Morgan fingerprint density at radius 3 is 1.38 bits per heavy atom. The van der Waals surface area contributed by atoms with Gasteiger partial charge in [-0.05, 0) is 49.2 Å². The van der Waals surface area contributed by atoms with E-state index >= 15 is 0 Å². The Hall–Kier alpha value is -2.80. The summed E-state index contributed by atoms with van der Waals surface area (Å²) < 4.78 is 98.8. The Bertz CT molecular complexity index is 1140. The molecule has 1 aliphatic rings. The zero-order chi connectivity index (χ0) is 29.8. The Labute approximate surface area is 233 Å². The van der Waals surface area contributed by atoms with Crippen molar-refractivity contribution >= 4 is 27.8 Å². The van der Waals surface area contributed by atoms with Gasteiger partial charge in [0.05, 0.1) is 17.0 Å². The van der Waals surface area contributed by atoms with Gasteiger partial charge in [0.1, 0.15) is 6.79 Å². The summed E-state index contributed by atoms with van der Waals surface area (Å²) in [6.45, 7) is 2.00. The fraction of sp³-hybridized carbons (Fsp3) is 0.321. The maximum Gasteiger partial charge on any atom is 0.421 e. The molecule has 4 rings (SSSR count). The van der Waals surface area contributed by atoms with E-state index in [1.807, 2.05) is 6.79 Å². The van der Waals surface area contributed by atoms with Gasteiger partial charge in [0.2, 0.25) is 6.10 Å². The van der Waals surface area contributed by atoms with Crippen molar-refractivity contribution in [1.29, 1.82) is 0 Å². The van der Waals surface area contributed by atoms with E-state index in [1.54, 1.807) is 0 Å². The predicted octanol–water partition coefficient (Wildman–Crippen LogP) is 7.00. The van der Waals surface area contributed by atoms with E-state index in [4.69, 9.17) is 4.79 Å². The second kappa shape index (κ2) is 15.3. The summed E-state index contributed by atoms with van der Waals surface area (Å²) in [5.41, 5.74) is 0. The number of rotatable bonds is 7. The van der Waals surface area contributed by atoms with Gasteiger partial charge in [-0.3, -0.25) is 0 Å². The third kappa shape index (κ3) is 9.39. The molecule has 0 bridgehead atoms. The van der Waals surface area contributed by atoms with Crippen LogP contribution in [0.3, 0.4) is 0 Å². The smallest absolute Gasteiger partial charge is 0.421 e. The normalized spacial score (nSPS) is 15.3. The van der Waals surface area contributed by atoms with Crippen LogP contribution in [0.15, 0.2) is 106 Å². The van der Waals surface area contributed by atoms with Gasteiger partial charge in [0.15, 0.2) is 24.8 Å².